The fourth-order valence-corrected chi connectivity index (χ4v) is 1.78. The standard InChI is InChI=1S/C12H19N3OS/c1-9(2)15(7-8-16-3)12-10(11(13)17)5-4-6-14-12/h4-6,9H,7-8H2,1-3H3,(H2,13,17). The fourth-order valence-electron chi connectivity index (χ4n) is 1.62. The van der Waals surface area contributed by atoms with Crippen molar-refractivity contribution in [1.82, 2.24) is 4.98 Å². The number of ether oxygens (including phenoxy) is 1. The van der Waals surface area contributed by atoms with Gasteiger partial charge in [0.1, 0.15) is 10.8 Å². The van der Waals surface area contributed by atoms with Gasteiger partial charge in [0.2, 0.25) is 0 Å². The van der Waals surface area contributed by atoms with Crippen molar-refractivity contribution in [2.45, 2.75) is 19.9 Å². The molecule has 0 aromatic carbocycles. The SMILES string of the molecule is COCCN(c1ncccc1C(N)=S)C(C)C. The van der Waals surface area contributed by atoms with Gasteiger partial charge in [0.05, 0.1) is 12.2 Å². The maximum atomic E-state index is 5.71. The summed E-state index contributed by atoms with van der Waals surface area (Å²) in [5.74, 6) is 0.826. The molecule has 0 atom stereocenters. The van der Waals surface area contributed by atoms with Gasteiger partial charge in [-0.15, -0.1) is 0 Å². The minimum atomic E-state index is 0.313. The van der Waals surface area contributed by atoms with Crippen molar-refractivity contribution in [3.8, 4) is 0 Å². The summed E-state index contributed by atoms with van der Waals surface area (Å²) in [6.45, 7) is 5.62. The third kappa shape index (κ3) is 3.64. The smallest absolute Gasteiger partial charge is 0.139 e. The van der Waals surface area contributed by atoms with Crippen LogP contribution in [0.1, 0.15) is 19.4 Å². The zero-order valence-corrected chi connectivity index (χ0v) is 11.3. The first-order chi connectivity index (χ1) is 8.07. The average Bonchev–Trinajstić information content (AvgIpc) is 2.29. The predicted octanol–water partition coefficient (Wildman–Crippen LogP) is 1.58. The Bertz CT molecular complexity index is 382. The molecule has 1 rings (SSSR count). The summed E-state index contributed by atoms with van der Waals surface area (Å²) in [6.07, 6.45) is 1.75. The first kappa shape index (κ1) is 13.9. The summed E-state index contributed by atoms with van der Waals surface area (Å²) < 4.78 is 5.11. The van der Waals surface area contributed by atoms with Gasteiger partial charge in [-0.3, -0.25) is 0 Å². The van der Waals surface area contributed by atoms with Crippen LogP contribution in [0.2, 0.25) is 0 Å². The molecule has 94 valence electrons. The molecule has 1 aromatic rings. The van der Waals surface area contributed by atoms with E-state index in [0.29, 0.717) is 17.6 Å². The van der Waals surface area contributed by atoms with Crippen LogP contribution in [0.15, 0.2) is 18.3 Å². The van der Waals surface area contributed by atoms with E-state index < -0.39 is 0 Å². The van der Waals surface area contributed by atoms with Crippen LogP contribution in [0.5, 0.6) is 0 Å². The van der Waals surface area contributed by atoms with E-state index in [1.165, 1.54) is 0 Å². The number of hydrogen-bond donors (Lipinski definition) is 1. The molecular formula is C12H19N3OS. The van der Waals surface area contributed by atoms with Gasteiger partial charge >= 0.3 is 0 Å². The Morgan fingerprint density at radius 1 is 1.59 bits per heavy atom. The molecule has 0 spiro atoms. The van der Waals surface area contributed by atoms with E-state index in [4.69, 9.17) is 22.7 Å². The normalized spacial score (nSPS) is 10.6. The highest BCUT2D eigenvalue weighted by molar-refractivity contribution is 7.80. The minimum Gasteiger partial charge on any atom is -0.389 e. The van der Waals surface area contributed by atoms with E-state index in [9.17, 15) is 0 Å². The Hall–Kier alpha value is -1.20. The minimum absolute atomic E-state index is 0.313. The molecule has 0 aliphatic heterocycles. The first-order valence-electron chi connectivity index (χ1n) is 5.58. The predicted molar refractivity (Wildman–Crippen MR) is 74.5 cm³/mol. The second-order valence-electron chi connectivity index (χ2n) is 4.02. The summed E-state index contributed by atoms with van der Waals surface area (Å²) in [4.78, 5) is 6.89. The topological polar surface area (TPSA) is 51.4 Å². The van der Waals surface area contributed by atoms with Crippen molar-refractivity contribution >= 4 is 23.0 Å². The van der Waals surface area contributed by atoms with Crippen molar-refractivity contribution in [3.05, 3.63) is 23.9 Å². The van der Waals surface area contributed by atoms with Gasteiger partial charge in [-0.25, -0.2) is 4.98 Å². The van der Waals surface area contributed by atoms with Crippen molar-refractivity contribution in [3.63, 3.8) is 0 Å². The van der Waals surface area contributed by atoms with Gasteiger partial charge in [0, 0.05) is 25.9 Å². The maximum Gasteiger partial charge on any atom is 0.139 e. The Balaban J connectivity index is 3.04. The van der Waals surface area contributed by atoms with E-state index in [1.54, 1.807) is 13.3 Å². The van der Waals surface area contributed by atoms with Crippen LogP contribution >= 0.6 is 12.2 Å². The lowest BCUT2D eigenvalue weighted by atomic mass is 10.2. The molecule has 1 heterocycles. The Morgan fingerprint density at radius 3 is 2.82 bits per heavy atom. The number of methoxy groups -OCH3 is 1. The lowest BCUT2D eigenvalue weighted by molar-refractivity contribution is 0.203. The van der Waals surface area contributed by atoms with Crippen LogP contribution in [-0.2, 0) is 4.74 Å². The van der Waals surface area contributed by atoms with Crippen LogP contribution in [0.3, 0.4) is 0 Å². The van der Waals surface area contributed by atoms with Crippen LogP contribution < -0.4 is 10.6 Å². The van der Waals surface area contributed by atoms with Gasteiger partial charge in [0.25, 0.3) is 0 Å². The fraction of sp³-hybridized carbons (Fsp3) is 0.500. The van der Waals surface area contributed by atoms with E-state index in [0.717, 1.165) is 17.9 Å². The number of pyridine rings is 1. The first-order valence-corrected chi connectivity index (χ1v) is 5.99. The number of nitrogens with two attached hydrogens (primary N) is 1. The van der Waals surface area contributed by atoms with E-state index in [-0.39, 0.29) is 0 Å². The Kier molecular flexibility index (Phi) is 5.31. The summed E-state index contributed by atoms with van der Waals surface area (Å²) in [5.41, 5.74) is 6.53. The number of nitrogens with zero attached hydrogens (tertiary/aromatic N) is 2. The van der Waals surface area contributed by atoms with Crippen LogP contribution in [0.4, 0.5) is 5.82 Å². The molecule has 0 saturated heterocycles. The average molecular weight is 253 g/mol. The largest absolute Gasteiger partial charge is 0.389 e. The molecule has 0 fully saturated rings. The van der Waals surface area contributed by atoms with E-state index in [2.05, 4.69) is 23.7 Å². The highest BCUT2D eigenvalue weighted by Gasteiger charge is 2.16. The second-order valence-corrected chi connectivity index (χ2v) is 4.46. The Labute approximate surface area is 108 Å². The molecular weight excluding hydrogens is 234 g/mol. The Morgan fingerprint density at radius 2 is 2.29 bits per heavy atom. The molecule has 1 aromatic heterocycles. The lowest BCUT2D eigenvalue weighted by Crippen LogP contribution is -2.36. The van der Waals surface area contributed by atoms with Crippen LogP contribution in [-0.4, -0.2) is 36.3 Å². The number of hydrogen-bond acceptors (Lipinski definition) is 4. The molecule has 0 radical (unpaired) electrons. The van der Waals surface area contributed by atoms with E-state index in [1.807, 2.05) is 12.1 Å². The number of anilines is 1. The molecule has 0 bridgehead atoms. The highest BCUT2D eigenvalue weighted by atomic mass is 32.1. The molecule has 17 heavy (non-hydrogen) atoms. The third-order valence-electron chi connectivity index (χ3n) is 2.48. The number of aromatic nitrogens is 1. The zero-order valence-electron chi connectivity index (χ0n) is 10.5. The molecule has 2 N–H and O–H groups in total. The summed E-state index contributed by atoms with van der Waals surface area (Å²) in [7, 11) is 1.69. The molecule has 0 aliphatic rings. The highest BCUT2D eigenvalue weighted by Crippen LogP contribution is 2.19. The van der Waals surface area contributed by atoms with Crippen LogP contribution in [0.25, 0.3) is 0 Å². The molecule has 0 aliphatic carbocycles. The summed E-state index contributed by atoms with van der Waals surface area (Å²) >= 11 is 5.05. The van der Waals surface area contributed by atoms with Crippen molar-refractivity contribution in [1.29, 1.82) is 0 Å². The monoisotopic (exact) mass is 253 g/mol. The van der Waals surface area contributed by atoms with Crippen molar-refractivity contribution < 1.29 is 4.74 Å². The van der Waals surface area contributed by atoms with Crippen molar-refractivity contribution in [2.24, 2.45) is 5.73 Å². The number of rotatable bonds is 6. The lowest BCUT2D eigenvalue weighted by Gasteiger charge is -2.29. The summed E-state index contributed by atoms with van der Waals surface area (Å²) in [6, 6.07) is 4.05. The third-order valence-corrected chi connectivity index (χ3v) is 2.70. The second kappa shape index (κ2) is 6.51. The van der Waals surface area contributed by atoms with Gasteiger partial charge < -0.3 is 15.4 Å². The maximum absolute atomic E-state index is 5.71. The quantitative estimate of drug-likeness (QED) is 0.780. The molecule has 0 amide bonds. The van der Waals surface area contributed by atoms with Gasteiger partial charge in [-0.1, -0.05) is 12.2 Å². The molecule has 4 nitrogen and oxygen atoms in total. The van der Waals surface area contributed by atoms with Crippen LogP contribution in [0, 0.1) is 0 Å². The zero-order chi connectivity index (χ0) is 12.8. The van der Waals surface area contributed by atoms with Crippen molar-refractivity contribution in [2.75, 3.05) is 25.2 Å². The van der Waals surface area contributed by atoms with E-state index >= 15 is 0 Å². The van der Waals surface area contributed by atoms with Gasteiger partial charge in [-0.2, -0.15) is 0 Å². The van der Waals surface area contributed by atoms with Gasteiger partial charge in [-0.05, 0) is 26.0 Å². The molecule has 5 heteroatoms. The number of thiocarbonyl (C=S) groups is 1. The van der Waals surface area contributed by atoms with Gasteiger partial charge in [0.15, 0.2) is 0 Å². The molecule has 0 unspecified atom stereocenters. The summed E-state index contributed by atoms with van der Waals surface area (Å²) in [5, 5.41) is 0. The molecule has 0 saturated carbocycles.